The van der Waals surface area contributed by atoms with Gasteiger partial charge in [-0.15, -0.1) is 11.3 Å². The van der Waals surface area contributed by atoms with Crippen LogP contribution in [0.5, 0.6) is 0 Å². The molecule has 0 fully saturated rings. The molecule has 0 saturated heterocycles. The molecule has 0 aliphatic carbocycles. The summed E-state index contributed by atoms with van der Waals surface area (Å²) in [4.78, 5) is 42.4. The van der Waals surface area contributed by atoms with Crippen LogP contribution in [-0.2, 0) is 14.1 Å². The van der Waals surface area contributed by atoms with Crippen molar-refractivity contribution in [2.24, 2.45) is 19.5 Å². The Morgan fingerprint density at radius 2 is 1.38 bits per heavy atom. The second-order valence-electron chi connectivity index (χ2n) is 10.4. The van der Waals surface area contributed by atoms with Gasteiger partial charge < -0.3 is 25.1 Å². The highest BCUT2D eigenvalue weighted by Crippen LogP contribution is 2.25. The van der Waals surface area contributed by atoms with Gasteiger partial charge in [-0.3, -0.25) is 14.4 Å². The lowest BCUT2D eigenvalue weighted by Crippen LogP contribution is -2.26. The van der Waals surface area contributed by atoms with Gasteiger partial charge in [0.1, 0.15) is 11.4 Å². The Hall–Kier alpha value is -3.40. The Kier molecular flexibility index (Phi) is 6.75. The third-order valence-electron chi connectivity index (χ3n) is 4.89. The fourth-order valence-corrected chi connectivity index (χ4v) is 4.15. The summed E-state index contributed by atoms with van der Waals surface area (Å²) in [5.74, 6) is -0.722. The first kappa shape index (κ1) is 25.2. The number of rotatable bonds is 6. The van der Waals surface area contributed by atoms with Gasteiger partial charge in [0.2, 0.25) is 0 Å². The number of thiazole rings is 1. The van der Waals surface area contributed by atoms with Gasteiger partial charge in [-0.1, -0.05) is 20.8 Å². The molecule has 0 spiro atoms. The number of nitrogens with zero attached hydrogens (tertiary/aromatic N) is 3. The van der Waals surface area contributed by atoms with E-state index < -0.39 is 5.41 Å². The first-order valence-electron chi connectivity index (χ1n) is 10.9. The number of anilines is 3. The van der Waals surface area contributed by atoms with Crippen molar-refractivity contribution in [1.29, 1.82) is 0 Å². The predicted octanol–water partition coefficient (Wildman–Crippen LogP) is 4.76. The van der Waals surface area contributed by atoms with Crippen LogP contribution < -0.4 is 16.0 Å². The molecule has 3 aromatic rings. The number of Topliss-reactive ketones (excluding diaryl/α,β-unsaturated/α-hetero) is 1. The summed E-state index contributed by atoms with van der Waals surface area (Å²) in [5, 5.41) is 11.2. The van der Waals surface area contributed by atoms with Crippen LogP contribution in [0.2, 0.25) is 0 Å². The molecule has 2 amide bonds. The van der Waals surface area contributed by atoms with E-state index in [0.717, 1.165) is 0 Å². The number of aromatic nitrogens is 3. The van der Waals surface area contributed by atoms with Crippen LogP contribution in [0.1, 0.15) is 73.0 Å². The number of carbonyl (C=O) groups excluding carboxylic acids is 3. The summed E-state index contributed by atoms with van der Waals surface area (Å²) in [5.41, 5.74) is 1.49. The first-order valence-corrected chi connectivity index (χ1v) is 11.8. The standard InChI is InChI=1S/C24H32N6O3S/c1-23(2,3)19(31)17-9-14(11-29(17)7)26-21(33)18-10-15(12-30(18)8)25-20(32)16-13-34-22(27-16)28-24(4,5)6/h9-13H,1-8H3,(H,25,32)(H,26,33)(H,27,28). The number of hydrogen-bond donors (Lipinski definition) is 3. The van der Waals surface area contributed by atoms with Crippen LogP contribution in [0.15, 0.2) is 29.9 Å². The third kappa shape index (κ3) is 5.93. The van der Waals surface area contributed by atoms with Gasteiger partial charge in [0.05, 0.1) is 17.1 Å². The van der Waals surface area contributed by atoms with Gasteiger partial charge in [0.15, 0.2) is 10.9 Å². The summed E-state index contributed by atoms with van der Waals surface area (Å²) in [6.07, 6.45) is 3.36. The van der Waals surface area contributed by atoms with Crippen LogP contribution in [-0.4, -0.2) is 37.3 Å². The zero-order valence-corrected chi connectivity index (χ0v) is 21.7. The van der Waals surface area contributed by atoms with E-state index in [1.54, 1.807) is 53.1 Å². The fraction of sp³-hybridized carbons (Fsp3) is 0.417. The second-order valence-corrected chi connectivity index (χ2v) is 11.2. The summed E-state index contributed by atoms with van der Waals surface area (Å²) in [6.45, 7) is 11.6. The average molecular weight is 485 g/mol. The molecule has 0 unspecified atom stereocenters. The van der Waals surface area contributed by atoms with Crippen molar-refractivity contribution in [2.45, 2.75) is 47.1 Å². The maximum absolute atomic E-state index is 12.9. The largest absolute Gasteiger partial charge is 0.357 e. The minimum atomic E-state index is -0.528. The SMILES string of the molecule is Cn1cc(NC(=O)c2csc(NC(C)(C)C)n2)cc1C(=O)Nc1cc(C(=O)C(C)(C)C)n(C)c1. The highest BCUT2D eigenvalue weighted by atomic mass is 32.1. The molecule has 0 aromatic carbocycles. The van der Waals surface area contributed by atoms with Crippen LogP contribution in [0.4, 0.5) is 16.5 Å². The summed E-state index contributed by atoms with van der Waals surface area (Å²) in [6, 6.07) is 3.26. The minimum absolute atomic E-state index is 0.0118. The smallest absolute Gasteiger partial charge is 0.275 e. The van der Waals surface area contributed by atoms with Crippen molar-refractivity contribution in [3.8, 4) is 0 Å². The molecule has 34 heavy (non-hydrogen) atoms. The van der Waals surface area contributed by atoms with Crippen molar-refractivity contribution in [3.63, 3.8) is 0 Å². The van der Waals surface area contributed by atoms with Gasteiger partial charge in [-0.05, 0) is 32.9 Å². The van der Waals surface area contributed by atoms with Crippen LogP contribution in [0.25, 0.3) is 0 Å². The summed E-state index contributed by atoms with van der Waals surface area (Å²) >= 11 is 1.36. The lowest BCUT2D eigenvalue weighted by atomic mass is 9.89. The van der Waals surface area contributed by atoms with E-state index in [-0.39, 0.29) is 23.1 Å². The molecular weight excluding hydrogens is 452 g/mol. The zero-order valence-electron chi connectivity index (χ0n) is 20.9. The Labute approximate surface area is 203 Å². The van der Waals surface area contributed by atoms with E-state index in [9.17, 15) is 14.4 Å². The summed E-state index contributed by atoms with van der Waals surface area (Å²) in [7, 11) is 3.49. The molecule has 0 radical (unpaired) electrons. The topological polar surface area (TPSA) is 110 Å². The fourth-order valence-electron chi connectivity index (χ4n) is 3.25. The number of aryl methyl sites for hydroxylation is 2. The van der Waals surface area contributed by atoms with Crippen molar-refractivity contribution in [1.82, 2.24) is 14.1 Å². The predicted molar refractivity (Wildman–Crippen MR) is 136 cm³/mol. The van der Waals surface area contributed by atoms with Gasteiger partial charge in [-0.25, -0.2) is 4.98 Å². The molecule has 182 valence electrons. The quantitative estimate of drug-likeness (QED) is 0.437. The van der Waals surface area contributed by atoms with Crippen molar-refractivity contribution >= 4 is 45.4 Å². The monoisotopic (exact) mass is 484 g/mol. The Bertz CT molecular complexity index is 1240. The Morgan fingerprint density at radius 3 is 1.94 bits per heavy atom. The van der Waals surface area contributed by atoms with E-state index in [2.05, 4.69) is 20.9 Å². The molecule has 0 bridgehead atoms. The average Bonchev–Trinajstić information content (AvgIpc) is 3.38. The van der Waals surface area contributed by atoms with Gasteiger partial charge in [0, 0.05) is 42.8 Å². The Balaban J connectivity index is 1.70. The van der Waals surface area contributed by atoms with E-state index >= 15 is 0 Å². The molecule has 10 heteroatoms. The van der Waals surface area contributed by atoms with Gasteiger partial charge >= 0.3 is 0 Å². The maximum Gasteiger partial charge on any atom is 0.275 e. The third-order valence-corrected chi connectivity index (χ3v) is 5.65. The van der Waals surface area contributed by atoms with Gasteiger partial charge in [-0.2, -0.15) is 0 Å². The zero-order chi connectivity index (χ0) is 25.4. The van der Waals surface area contributed by atoms with E-state index in [0.29, 0.717) is 33.6 Å². The van der Waals surface area contributed by atoms with Crippen LogP contribution in [0.3, 0.4) is 0 Å². The lowest BCUT2D eigenvalue weighted by Gasteiger charge is -2.19. The highest BCUT2D eigenvalue weighted by molar-refractivity contribution is 7.13. The first-order chi connectivity index (χ1) is 15.6. The second kappa shape index (κ2) is 9.09. The minimum Gasteiger partial charge on any atom is -0.357 e. The molecule has 9 nitrogen and oxygen atoms in total. The van der Waals surface area contributed by atoms with Crippen LogP contribution in [0, 0.1) is 5.41 Å². The number of hydrogen-bond acceptors (Lipinski definition) is 6. The van der Waals surface area contributed by atoms with E-state index in [1.165, 1.54) is 11.3 Å². The number of amides is 2. The molecular formula is C24H32N6O3S. The van der Waals surface area contributed by atoms with Crippen molar-refractivity contribution < 1.29 is 14.4 Å². The van der Waals surface area contributed by atoms with E-state index in [1.807, 2.05) is 41.5 Å². The summed E-state index contributed by atoms with van der Waals surface area (Å²) < 4.78 is 3.33. The molecule has 0 saturated carbocycles. The van der Waals surface area contributed by atoms with Crippen molar-refractivity contribution in [2.75, 3.05) is 16.0 Å². The van der Waals surface area contributed by atoms with Crippen LogP contribution >= 0.6 is 11.3 Å². The lowest BCUT2D eigenvalue weighted by molar-refractivity contribution is 0.0849. The number of ketones is 1. The highest BCUT2D eigenvalue weighted by Gasteiger charge is 2.26. The molecule has 3 aromatic heterocycles. The van der Waals surface area contributed by atoms with E-state index in [4.69, 9.17) is 0 Å². The maximum atomic E-state index is 12.9. The number of carbonyl (C=O) groups is 3. The molecule has 3 N–H and O–H groups in total. The normalized spacial score (nSPS) is 11.9. The van der Waals surface area contributed by atoms with Gasteiger partial charge in [0.25, 0.3) is 11.8 Å². The molecule has 0 aliphatic heterocycles. The Morgan fingerprint density at radius 1 is 0.853 bits per heavy atom. The number of nitrogens with one attached hydrogen (secondary N) is 3. The molecule has 3 heterocycles. The molecule has 0 atom stereocenters. The molecule has 0 aliphatic rings. The van der Waals surface area contributed by atoms with Crippen molar-refractivity contribution in [3.05, 3.63) is 47.0 Å². The molecule has 3 rings (SSSR count).